The molecule has 4 nitrogen and oxygen atoms in total. The van der Waals surface area contributed by atoms with Crippen LogP contribution in [0.15, 0.2) is 18.2 Å². The number of hydrogen-bond donors (Lipinski definition) is 0. The van der Waals surface area contributed by atoms with E-state index in [2.05, 4.69) is 18.0 Å². The molecule has 92 valence electrons. The normalized spacial score (nSPS) is 15.5. The van der Waals surface area contributed by atoms with Gasteiger partial charge in [0.1, 0.15) is 0 Å². The Morgan fingerprint density at radius 3 is 2.88 bits per heavy atom. The van der Waals surface area contributed by atoms with Gasteiger partial charge in [-0.2, -0.15) is 0 Å². The summed E-state index contributed by atoms with van der Waals surface area (Å²) in [4.78, 5) is 19.1. The average molecular weight is 234 g/mol. The number of amides is 1. The smallest absolute Gasteiger partial charge is 0.277 e. The van der Waals surface area contributed by atoms with Crippen LogP contribution in [-0.4, -0.2) is 43.6 Å². The molecular formula is C13H18N2O2. The minimum absolute atomic E-state index is 0.108. The van der Waals surface area contributed by atoms with E-state index in [0.717, 1.165) is 19.5 Å². The van der Waals surface area contributed by atoms with E-state index < -0.39 is 0 Å². The Hall–Kier alpha value is -1.39. The van der Waals surface area contributed by atoms with Gasteiger partial charge in [0.2, 0.25) is 0 Å². The fourth-order valence-corrected chi connectivity index (χ4v) is 2.10. The van der Waals surface area contributed by atoms with Crippen molar-refractivity contribution in [3.63, 3.8) is 0 Å². The molecule has 1 aromatic rings. The Morgan fingerprint density at radius 1 is 1.41 bits per heavy atom. The Balaban J connectivity index is 2.27. The van der Waals surface area contributed by atoms with Gasteiger partial charge in [-0.25, -0.2) is 5.06 Å². The summed E-state index contributed by atoms with van der Waals surface area (Å²) in [5.74, 6) is -0.108. The van der Waals surface area contributed by atoms with Crippen molar-refractivity contribution in [2.75, 3.05) is 27.7 Å². The quantitative estimate of drug-likeness (QED) is 0.723. The summed E-state index contributed by atoms with van der Waals surface area (Å²) in [6.45, 7) is 1.99. The van der Waals surface area contributed by atoms with E-state index in [1.54, 1.807) is 7.05 Å². The molecule has 0 saturated heterocycles. The van der Waals surface area contributed by atoms with Gasteiger partial charge in [0, 0.05) is 25.7 Å². The maximum absolute atomic E-state index is 11.9. The SMILES string of the molecule is CON(C)C(=O)c1ccc2c(c1)CN(C)CC2. The molecule has 4 heteroatoms. The zero-order chi connectivity index (χ0) is 12.4. The van der Waals surface area contributed by atoms with E-state index in [9.17, 15) is 4.79 Å². The standard InChI is InChI=1S/C13H18N2O2/c1-14-7-6-10-4-5-11(8-12(10)9-14)13(16)15(2)17-3/h4-5,8H,6-7,9H2,1-3H3. The van der Waals surface area contributed by atoms with Crippen LogP contribution in [0.2, 0.25) is 0 Å². The van der Waals surface area contributed by atoms with E-state index >= 15 is 0 Å². The largest absolute Gasteiger partial charge is 0.302 e. The molecule has 2 rings (SSSR count). The first-order valence-electron chi connectivity index (χ1n) is 5.74. The molecule has 1 aromatic carbocycles. The summed E-state index contributed by atoms with van der Waals surface area (Å²) < 4.78 is 0. The third kappa shape index (κ3) is 2.48. The summed E-state index contributed by atoms with van der Waals surface area (Å²) in [6, 6.07) is 5.91. The lowest BCUT2D eigenvalue weighted by Crippen LogP contribution is -2.28. The Bertz CT molecular complexity index is 431. The molecule has 0 aliphatic carbocycles. The number of hydrogen-bond acceptors (Lipinski definition) is 3. The summed E-state index contributed by atoms with van der Waals surface area (Å²) in [5.41, 5.74) is 3.28. The van der Waals surface area contributed by atoms with Gasteiger partial charge in [-0.15, -0.1) is 0 Å². The van der Waals surface area contributed by atoms with Gasteiger partial charge < -0.3 is 4.90 Å². The number of hydroxylamine groups is 2. The zero-order valence-electron chi connectivity index (χ0n) is 10.6. The van der Waals surface area contributed by atoms with Gasteiger partial charge in [-0.3, -0.25) is 9.63 Å². The number of nitrogens with zero attached hydrogens (tertiary/aromatic N) is 2. The summed E-state index contributed by atoms with van der Waals surface area (Å²) >= 11 is 0. The molecule has 0 saturated carbocycles. The van der Waals surface area contributed by atoms with Crippen LogP contribution in [-0.2, 0) is 17.8 Å². The van der Waals surface area contributed by atoms with Gasteiger partial charge in [-0.05, 0) is 36.7 Å². The van der Waals surface area contributed by atoms with Gasteiger partial charge >= 0.3 is 0 Å². The summed E-state index contributed by atoms with van der Waals surface area (Å²) in [6.07, 6.45) is 1.06. The second-order valence-electron chi connectivity index (χ2n) is 4.46. The van der Waals surface area contributed by atoms with Gasteiger partial charge in [0.15, 0.2) is 0 Å². The topological polar surface area (TPSA) is 32.8 Å². The third-order valence-corrected chi connectivity index (χ3v) is 3.22. The van der Waals surface area contributed by atoms with Crippen molar-refractivity contribution in [3.05, 3.63) is 34.9 Å². The van der Waals surface area contributed by atoms with Crippen molar-refractivity contribution in [2.24, 2.45) is 0 Å². The van der Waals surface area contributed by atoms with E-state index in [-0.39, 0.29) is 5.91 Å². The monoisotopic (exact) mass is 234 g/mol. The summed E-state index contributed by atoms with van der Waals surface area (Å²) in [5, 5.41) is 1.24. The van der Waals surface area contributed by atoms with Gasteiger partial charge in [0.05, 0.1) is 7.11 Å². The van der Waals surface area contributed by atoms with Crippen molar-refractivity contribution in [1.82, 2.24) is 9.96 Å². The number of rotatable bonds is 2. The van der Waals surface area contributed by atoms with Crippen molar-refractivity contribution in [3.8, 4) is 0 Å². The fourth-order valence-electron chi connectivity index (χ4n) is 2.10. The predicted molar refractivity (Wildman–Crippen MR) is 65.6 cm³/mol. The Morgan fingerprint density at radius 2 is 2.18 bits per heavy atom. The van der Waals surface area contributed by atoms with Crippen molar-refractivity contribution in [2.45, 2.75) is 13.0 Å². The lowest BCUT2D eigenvalue weighted by Gasteiger charge is -2.25. The fraction of sp³-hybridized carbons (Fsp3) is 0.462. The van der Waals surface area contributed by atoms with Gasteiger partial charge in [-0.1, -0.05) is 6.07 Å². The van der Waals surface area contributed by atoms with Crippen LogP contribution in [0, 0.1) is 0 Å². The van der Waals surface area contributed by atoms with Crippen LogP contribution < -0.4 is 0 Å². The molecule has 0 N–H and O–H groups in total. The van der Waals surface area contributed by atoms with Crippen LogP contribution in [0.25, 0.3) is 0 Å². The van der Waals surface area contributed by atoms with Crippen LogP contribution in [0.4, 0.5) is 0 Å². The highest BCUT2D eigenvalue weighted by Crippen LogP contribution is 2.20. The predicted octanol–water partition coefficient (Wildman–Crippen LogP) is 1.31. The first-order valence-corrected chi connectivity index (χ1v) is 5.74. The molecule has 1 aliphatic heterocycles. The molecule has 17 heavy (non-hydrogen) atoms. The molecule has 1 aliphatic rings. The Labute approximate surface area is 102 Å². The number of likely N-dealkylation sites (N-methyl/N-ethyl adjacent to an activating group) is 1. The summed E-state index contributed by atoms with van der Waals surface area (Å²) in [7, 11) is 5.21. The maximum Gasteiger partial charge on any atom is 0.277 e. The second-order valence-corrected chi connectivity index (χ2v) is 4.46. The highest BCUT2D eigenvalue weighted by atomic mass is 16.7. The molecule has 0 fully saturated rings. The number of fused-ring (bicyclic) bond motifs is 1. The van der Waals surface area contributed by atoms with Crippen LogP contribution in [0.1, 0.15) is 21.5 Å². The van der Waals surface area contributed by atoms with E-state index in [1.165, 1.54) is 23.3 Å². The molecule has 0 bridgehead atoms. The highest BCUT2D eigenvalue weighted by molar-refractivity contribution is 5.93. The van der Waals surface area contributed by atoms with E-state index in [4.69, 9.17) is 4.84 Å². The lowest BCUT2D eigenvalue weighted by molar-refractivity contribution is -0.0757. The van der Waals surface area contributed by atoms with Crippen LogP contribution >= 0.6 is 0 Å². The zero-order valence-corrected chi connectivity index (χ0v) is 10.6. The molecule has 0 radical (unpaired) electrons. The molecule has 0 unspecified atom stereocenters. The molecule has 0 atom stereocenters. The van der Waals surface area contributed by atoms with Crippen LogP contribution in [0.3, 0.4) is 0 Å². The minimum Gasteiger partial charge on any atom is -0.302 e. The number of carbonyl (C=O) groups is 1. The van der Waals surface area contributed by atoms with Crippen molar-refractivity contribution < 1.29 is 9.63 Å². The second kappa shape index (κ2) is 4.85. The lowest BCUT2D eigenvalue weighted by atomic mass is 9.97. The first kappa shape index (κ1) is 12.1. The van der Waals surface area contributed by atoms with Crippen LogP contribution in [0.5, 0.6) is 0 Å². The average Bonchev–Trinajstić information content (AvgIpc) is 2.36. The molecule has 0 spiro atoms. The minimum atomic E-state index is -0.108. The molecule has 0 aromatic heterocycles. The first-order chi connectivity index (χ1) is 8.11. The molecular weight excluding hydrogens is 216 g/mol. The van der Waals surface area contributed by atoms with E-state index in [1.807, 2.05) is 12.1 Å². The van der Waals surface area contributed by atoms with Crippen molar-refractivity contribution in [1.29, 1.82) is 0 Å². The number of carbonyl (C=O) groups excluding carboxylic acids is 1. The third-order valence-electron chi connectivity index (χ3n) is 3.22. The molecule has 1 amide bonds. The van der Waals surface area contributed by atoms with Crippen molar-refractivity contribution >= 4 is 5.91 Å². The number of benzene rings is 1. The van der Waals surface area contributed by atoms with E-state index in [0.29, 0.717) is 5.56 Å². The molecule has 1 heterocycles. The van der Waals surface area contributed by atoms with Gasteiger partial charge in [0.25, 0.3) is 5.91 Å². The Kier molecular flexibility index (Phi) is 3.45. The highest BCUT2D eigenvalue weighted by Gasteiger charge is 2.17. The maximum atomic E-state index is 11.9.